The van der Waals surface area contributed by atoms with E-state index >= 15 is 0 Å². The Hall–Kier alpha value is -2.33. The second-order valence-corrected chi connectivity index (χ2v) is 7.03. The van der Waals surface area contributed by atoms with Crippen LogP contribution in [0.25, 0.3) is 0 Å². The van der Waals surface area contributed by atoms with Gasteiger partial charge in [0.2, 0.25) is 5.91 Å². The fourth-order valence-corrected chi connectivity index (χ4v) is 3.32. The summed E-state index contributed by atoms with van der Waals surface area (Å²) < 4.78 is 1.96. The molecule has 0 radical (unpaired) electrons. The third-order valence-electron chi connectivity index (χ3n) is 4.09. The van der Waals surface area contributed by atoms with Crippen LogP contribution in [-0.2, 0) is 11.3 Å². The van der Waals surface area contributed by atoms with E-state index in [0.29, 0.717) is 6.54 Å². The molecule has 2 aromatic heterocycles. The van der Waals surface area contributed by atoms with E-state index in [-0.39, 0.29) is 17.6 Å². The number of nitrogens with one attached hydrogen (secondary N) is 1. The summed E-state index contributed by atoms with van der Waals surface area (Å²) in [6, 6.07) is 8.01. The predicted molar refractivity (Wildman–Crippen MR) is 91.2 cm³/mol. The van der Waals surface area contributed by atoms with Crippen LogP contribution in [0.2, 0.25) is 0 Å². The van der Waals surface area contributed by atoms with Gasteiger partial charge in [0.05, 0.1) is 24.1 Å². The van der Waals surface area contributed by atoms with Crippen LogP contribution in [0, 0.1) is 17.2 Å². The maximum Gasteiger partial charge on any atom is 0.231 e. The van der Waals surface area contributed by atoms with Crippen LogP contribution in [0.4, 0.5) is 0 Å². The maximum atomic E-state index is 12.2. The average molecular weight is 341 g/mol. The number of pyridine rings is 1. The molecule has 3 rings (SSSR count). The standard InChI is InChI=1S/C17H19N5OS/c1-17(12-18,13-5-6-13)21-15(23)11-24-16-20-8-9-22(16)10-14-4-2-3-7-19-14/h2-4,7-9,13H,5-6,10-11H2,1H3,(H,21,23)/t17-/m0/s1. The van der Waals surface area contributed by atoms with Crippen molar-refractivity contribution in [3.8, 4) is 6.07 Å². The van der Waals surface area contributed by atoms with Crippen molar-refractivity contribution in [2.75, 3.05) is 5.75 Å². The van der Waals surface area contributed by atoms with Gasteiger partial charge >= 0.3 is 0 Å². The Morgan fingerprint density at radius 1 is 1.46 bits per heavy atom. The first-order valence-electron chi connectivity index (χ1n) is 7.87. The van der Waals surface area contributed by atoms with E-state index in [1.54, 1.807) is 19.3 Å². The Balaban J connectivity index is 1.56. The Kier molecular flexibility index (Phi) is 4.86. The maximum absolute atomic E-state index is 12.2. The van der Waals surface area contributed by atoms with Crippen LogP contribution >= 0.6 is 11.8 Å². The fraction of sp³-hybridized carbons (Fsp3) is 0.412. The van der Waals surface area contributed by atoms with E-state index in [1.807, 2.05) is 29.0 Å². The summed E-state index contributed by atoms with van der Waals surface area (Å²) in [7, 11) is 0. The number of aromatic nitrogens is 3. The lowest BCUT2D eigenvalue weighted by Crippen LogP contribution is -2.47. The lowest BCUT2D eigenvalue weighted by atomic mass is 9.98. The minimum Gasteiger partial charge on any atom is -0.337 e. The van der Waals surface area contributed by atoms with Crippen molar-refractivity contribution in [2.45, 2.75) is 37.0 Å². The number of imidazole rings is 1. The molecule has 0 aromatic carbocycles. The molecule has 124 valence electrons. The van der Waals surface area contributed by atoms with Gasteiger partial charge in [-0.1, -0.05) is 17.8 Å². The zero-order valence-electron chi connectivity index (χ0n) is 13.5. The summed E-state index contributed by atoms with van der Waals surface area (Å²) in [4.78, 5) is 20.8. The molecule has 2 heterocycles. The molecule has 6 nitrogen and oxygen atoms in total. The summed E-state index contributed by atoms with van der Waals surface area (Å²) in [6.07, 6.45) is 7.36. The second kappa shape index (κ2) is 7.05. The van der Waals surface area contributed by atoms with Crippen molar-refractivity contribution in [1.29, 1.82) is 5.26 Å². The summed E-state index contributed by atoms with van der Waals surface area (Å²) >= 11 is 1.37. The molecule has 0 spiro atoms. The largest absolute Gasteiger partial charge is 0.337 e. The summed E-state index contributed by atoms with van der Waals surface area (Å²) in [5.74, 6) is 0.384. The number of carbonyl (C=O) groups is 1. The van der Waals surface area contributed by atoms with E-state index in [1.165, 1.54) is 11.8 Å². The Morgan fingerprint density at radius 3 is 2.96 bits per heavy atom. The van der Waals surface area contributed by atoms with E-state index in [9.17, 15) is 10.1 Å². The van der Waals surface area contributed by atoms with Gasteiger partial charge in [0.15, 0.2) is 5.16 Å². The number of hydrogen-bond donors (Lipinski definition) is 1. The molecular formula is C17H19N5OS. The van der Waals surface area contributed by atoms with Gasteiger partial charge in [-0.25, -0.2) is 4.98 Å². The number of nitrogens with zero attached hydrogens (tertiary/aromatic N) is 4. The van der Waals surface area contributed by atoms with Gasteiger partial charge < -0.3 is 9.88 Å². The number of amides is 1. The molecule has 1 saturated carbocycles. The van der Waals surface area contributed by atoms with Crippen LogP contribution in [0.1, 0.15) is 25.5 Å². The van der Waals surface area contributed by atoms with Gasteiger partial charge in [-0.05, 0) is 37.8 Å². The average Bonchev–Trinajstić information content (AvgIpc) is 3.36. The molecule has 1 fully saturated rings. The lowest BCUT2D eigenvalue weighted by Gasteiger charge is -2.22. The first-order valence-corrected chi connectivity index (χ1v) is 8.85. The second-order valence-electron chi connectivity index (χ2n) is 6.08. The molecule has 1 aliphatic carbocycles. The predicted octanol–water partition coefficient (Wildman–Crippen LogP) is 2.23. The number of thioether (sulfide) groups is 1. The van der Waals surface area contributed by atoms with Gasteiger partial charge in [0, 0.05) is 18.6 Å². The number of nitriles is 1. The zero-order valence-corrected chi connectivity index (χ0v) is 14.3. The molecule has 0 unspecified atom stereocenters. The molecule has 1 N–H and O–H groups in total. The van der Waals surface area contributed by atoms with Gasteiger partial charge in [0.25, 0.3) is 0 Å². The molecule has 1 amide bonds. The molecule has 7 heteroatoms. The highest BCUT2D eigenvalue weighted by atomic mass is 32.2. The van der Waals surface area contributed by atoms with E-state index < -0.39 is 5.54 Å². The molecule has 1 aliphatic rings. The van der Waals surface area contributed by atoms with Crippen molar-refractivity contribution in [3.63, 3.8) is 0 Å². The number of carbonyl (C=O) groups excluding carboxylic acids is 1. The van der Waals surface area contributed by atoms with Gasteiger partial charge in [-0.3, -0.25) is 9.78 Å². The number of hydrogen-bond acceptors (Lipinski definition) is 5. The molecule has 2 aromatic rings. The highest BCUT2D eigenvalue weighted by molar-refractivity contribution is 7.99. The SMILES string of the molecule is C[C@@](C#N)(NC(=O)CSc1nccn1Cc1ccccn1)C1CC1. The monoisotopic (exact) mass is 341 g/mol. The summed E-state index contributed by atoms with van der Waals surface area (Å²) in [6.45, 7) is 2.41. The normalized spacial score (nSPS) is 16.2. The molecule has 24 heavy (non-hydrogen) atoms. The highest BCUT2D eigenvalue weighted by Crippen LogP contribution is 2.39. The van der Waals surface area contributed by atoms with Crippen LogP contribution < -0.4 is 5.32 Å². The quantitative estimate of drug-likeness (QED) is 0.781. The van der Waals surface area contributed by atoms with Crippen LogP contribution in [0.15, 0.2) is 41.9 Å². The van der Waals surface area contributed by atoms with E-state index in [4.69, 9.17) is 0 Å². The first kappa shape index (κ1) is 16.5. The van der Waals surface area contributed by atoms with Gasteiger partial charge in [-0.2, -0.15) is 5.26 Å². The molecule has 0 bridgehead atoms. The number of rotatable bonds is 7. The van der Waals surface area contributed by atoms with Crippen LogP contribution in [0.3, 0.4) is 0 Å². The molecule has 1 atom stereocenters. The van der Waals surface area contributed by atoms with Crippen molar-refractivity contribution >= 4 is 17.7 Å². The third kappa shape index (κ3) is 3.95. The third-order valence-corrected chi connectivity index (χ3v) is 5.10. The van der Waals surface area contributed by atoms with Crippen molar-refractivity contribution in [3.05, 3.63) is 42.5 Å². The van der Waals surface area contributed by atoms with Crippen LogP contribution in [0.5, 0.6) is 0 Å². The van der Waals surface area contributed by atoms with Crippen molar-refractivity contribution in [2.24, 2.45) is 5.92 Å². The fourth-order valence-electron chi connectivity index (χ4n) is 2.56. The molecule has 0 aliphatic heterocycles. The summed E-state index contributed by atoms with van der Waals surface area (Å²) in [5, 5.41) is 12.9. The zero-order chi connectivity index (χ0) is 17.0. The van der Waals surface area contributed by atoms with E-state index in [0.717, 1.165) is 23.7 Å². The minimum atomic E-state index is -0.749. The van der Waals surface area contributed by atoms with Crippen molar-refractivity contribution < 1.29 is 4.79 Å². The Labute approximate surface area is 145 Å². The highest BCUT2D eigenvalue weighted by Gasteiger charge is 2.42. The van der Waals surface area contributed by atoms with Crippen LogP contribution in [-0.4, -0.2) is 31.7 Å². The topological polar surface area (TPSA) is 83.6 Å². The van der Waals surface area contributed by atoms with Gasteiger partial charge in [0.1, 0.15) is 5.54 Å². The first-order chi connectivity index (χ1) is 11.6. The van der Waals surface area contributed by atoms with E-state index in [2.05, 4.69) is 21.4 Å². The summed E-state index contributed by atoms with van der Waals surface area (Å²) in [5.41, 5.74) is 0.189. The van der Waals surface area contributed by atoms with Gasteiger partial charge in [-0.15, -0.1) is 0 Å². The smallest absolute Gasteiger partial charge is 0.231 e. The minimum absolute atomic E-state index is 0.136. The van der Waals surface area contributed by atoms with Crippen molar-refractivity contribution in [1.82, 2.24) is 19.9 Å². The lowest BCUT2D eigenvalue weighted by molar-refractivity contribution is -0.119. The molecule has 0 saturated heterocycles. The Morgan fingerprint density at radius 2 is 2.29 bits per heavy atom. The molecular weight excluding hydrogens is 322 g/mol. The Bertz CT molecular complexity index is 750.